The van der Waals surface area contributed by atoms with Gasteiger partial charge in [-0.15, -0.1) is 0 Å². The van der Waals surface area contributed by atoms with E-state index in [0.29, 0.717) is 17.9 Å². The minimum Gasteiger partial charge on any atom is -0.339 e. The van der Waals surface area contributed by atoms with E-state index in [1.807, 2.05) is 0 Å². The molecule has 2 saturated carbocycles. The first-order valence-corrected chi connectivity index (χ1v) is 8.31. The monoisotopic (exact) mass is 299 g/mol. The summed E-state index contributed by atoms with van der Waals surface area (Å²) in [6, 6.07) is 0.471. The third kappa shape index (κ3) is 2.16. The molecule has 3 heteroatoms. The molecule has 0 aromatic heterocycles. The molecule has 3 unspecified atom stereocenters. The summed E-state index contributed by atoms with van der Waals surface area (Å²) in [5, 5.41) is 0.959. The third-order valence-electron chi connectivity index (χ3n) is 5.03. The fourth-order valence-electron chi connectivity index (χ4n) is 4.00. The molecule has 0 aromatic carbocycles. The fourth-order valence-corrected chi connectivity index (χ4v) is 4.67. The van der Waals surface area contributed by atoms with Crippen LogP contribution in [0.2, 0.25) is 0 Å². The van der Waals surface area contributed by atoms with Gasteiger partial charge in [-0.1, -0.05) is 28.8 Å². The predicted molar refractivity (Wildman–Crippen MR) is 72.1 cm³/mol. The highest BCUT2D eigenvalue weighted by Gasteiger charge is 2.56. The van der Waals surface area contributed by atoms with Gasteiger partial charge in [0.1, 0.15) is 0 Å². The molecule has 3 fully saturated rings. The van der Waals surface area contributed by atoms with Crippen molar-refractivity contribution in [2.45, 2.75) is 51.0 Å². The smallest absolute Gasteiger partial charge is 0.226 e. The summed E-state index contributed by atoms with van der Waals surface area (Å²) in [7, 11) is 0. The van der Waals surface area contributed by atoms with Gasteiger partial charge in [0.25, 0.3) is 0 Å². The number of amides is 1. The maximum Gasteiger partial charge on any atom is 0.226 e. The largest absolute Gasteiger partial charge is 0.339 e. The van der Waals surface area contributed by atoms with Gasteiger partial charge in [-0.3, -0.25) is 4.79 Å². The average Bonchev–Trinajstić information content (AvgIpc) is 3.12. The number of alkyl halides is 1. The highest BCUT2D eigenvalue weighted by atomic mass is 79.9. The quantitative estimate of drug-likeness (QED) is 0.717. The van der Waals surface area contributed by atoms with E-state index in [0.717, 1.165) is 23.7 Å². The number of hydrogen-bond donors (Lipinski definition) is 0. The number of fused-ring (bicyclic) bond motifs is 1. The molecule has 3 rings (SSSR count). The normalized spacial score (nSPS) is 40.9. The van der Waals surface area contributed by atoms with Gasteiger partial charge in [0.15, 0.2) is 0 Å². The van der Waals surface area contributed by atoms with Gasteiger partial charge in [-0.2, -0.15) is 0 Å². The summed E-state index contributed by atoms with van der Waals surface area (Å²) in [4.78, 5) is 14.8. The molecule has 2 aliphatic carbocycles. The van der Waals surface area contributed by atoms with Gasteiger partial charge in [0, 0.05) is 23.8 Å². The molecule has 3 atom stereocenters. The maximum absolute atomic E-state index is 12.6. The van der Waals surface area contributed by atoms with Crippen LogP contribution in [-0.2, 0) is 4.79 Å². The summed E-state index contributed by atoms with van der Waals surface area (Å²) in [6.45, 7) is 1.00. The van der Waals surface area contributed by atoms with E-state index < -0.39 is 0 Å². The summed E-state index contributed by atoms with van der Waals surface area (Å²) in [5.41, 5.74) is 0. The molecule has 0 spiro atoms. The maximum atomic E-state index is 12.6. The Labute approximate surface area is 112 Å². The van der Waals surface area contributed by atoms with Gasteiger partial charge in [0.05, 0.1) is 0 Å². The molecule has 1 heterocycles. The lowest BCUT2D eigenvalue weighted by Crippen LogP contribution is -2.45. The summed E-state index contributed by atoms with van der Waals surface area (Å²) in [5.74, 6) is 2.42. The van der Waals surface area contributed by atoms with Gasteiger partial charge in [0.2, 0.25) is 5.91 Å². The summed E-state index contributed by atoms with van der Waals surface area (Å²) >= 11 is 3.57. The number of carbonyl (C=O) groups is 1. The van der Waals surface area contributed by atoms with Gasteiger partial charge >= 0.3 is 0 Å². The van der Waals surface area contributed by atoms with Crippen molar-refractivity contribution in [2.24, 2.45) is 17.8 Å². The van der Waals surface area contributed by atoms with E-state index in [1.54, 1.807) is 0 Å². The Balaban J connectivity index is 1.65. The number of likely N-dealkylation sites (tertiary alicyclic amines) is 1. The molecule has 0 N–H and O–H groups in total. The number of hydrogen-bond acceptors (Lipinski definition) is 1. The Bertz CT molecular complexity index is 295. The Kier molecular flexibility index (Phi) is 3.47. The minimum atomic E-state index is 0.414. The number of nitrogens with zero attached hydrogens (tertiary/aromatic N) is 1. The SMILES string of the molecule is O=C(C1C2CCCCC21)N1CCCCC1CBr. The zero-order chi connectivity index (χ0) is 11.8. The number of carbonyl (C=O) groups excluding carboxylic acids is 1. The van der Waals surface area contributed by atoms with Crippen molar-refractivity contribution in [1.29, 1.82) is 0 Å². The second kappa shape index (κ2) is 4.91. The van der Waals surface area contributed by atoms with Crippen molar-refractivity contribution in [3.8, 4) is 0 Å². The Morgan fingerprint density at radius 1 is 1.06 bits per heavy atom. The highest BCUT2D eigenvalue weighted by molar-refractivity contribution is 9.09. The lowest BCUT2D eigenvalue weighted by atomic mass is 10.0. The molecule has 1 aliphatic heterocycles. The van der Waals surface area contributed by atoms with Crippen LogP contribution in [0.25, 0.3) is 0 Å². The first-order valence-electron chi connectivity index (χ1n) is 7.19. The van der Waals surface area contributed by atoms with Crippen molar-refractivity contribution in [3.63, 3.8) is 0 Å². The summed E-state index contributed by atoms with van der Waals surface area (Å²) < 4.78 is 0. The fraction of sp³-hybridized carbons (Fsp3) is 0.929. The topological polar surface area (TPSA) is 20.3 Å². The number of piperidine rings is 1. The average molecular weight is 300 g/mol. The molecular formula is C14H22BrNO. The van der Waals surface area contributed by atoms with Crippen molar-refractivity contribution >= 4 is 21.8 Å². The zero-order valence-electron chi connectivity index (χ0n) is 10.4. The van der Waals surface area contributed by atoms with Crippen LogP contribution in [-0.4, -0.2) is 28.7 Å². The van der Waals surface area contributed by atoms with E-state index in [2.05, 4.69) is 20.8 Å². The highest BCUT2D eigenvalue weighted by Crippen LogP contribution is 2.56. The molecule has 3 aliphatic rings. The molecule has 0 aromatic rings. The Morgan fingerprint density at radius 2 is 1.71 bits per heavy atom. The molecular weight excluding hydrogens is 278 g/mol. The lowest BCUT2D eigenvalue weighted by Gasteiger charge is -2.35. The predicted octanol–water partition coefficient (Wildman–Crippen LogP) is 3.20. The van der Waals surface area contributed by atoms with Crippen LogP contribution in [0.1, 0.15) is 44.9 Å². The van der Waals surface area contributed by atoms with E-state index in [9.17, 15) is 4.79 Å². The van der Waals surface area contributed by atoms with Crippen LogP contribution in [0.5, 0.6) is 0 Å². The standard InChI is InChI=1S/C14H22BrNO/c15-9-10-5-3-4-8-16(10)14(17)13-11-6-1-2-7-12(11)13/h10-13H,1-9H2. The molecule has 96 valence electrons. The second-order valence-corrected chi connectivity index (χ2v) is 6.62. The zero-order valence-corrected chi connectivity index (χ0v) is 12.0. The van der Waals surface area contributed by atoms with Crippen LogP contribution in [0.4, 0.5) is 0 Å². The lowest BCUT2D eigenvalue weighted by molar-refractivity contribution is -0.136. The number of rotatable bonds is 2. The van der Waals surface area contributed by atoms with Crippen LogP contribution in [0, 0.1) is 17.8 Å². The van der Waals surface area contributed by atoms with Crippen molar-refractivity contribution < 1.29 is 4.79 Å². The van der Waals surface area contributed by atoms with Crippen LogP contribution in [0.15, 0.2) is 0 Å². The molecule has 0 radical (unpaired) electrons. The number of halogens is 1. The Morgan fingerprint density at radius 3 is 2.35 bits per heavy atom. The molecule has 2 nitrogen and oxygen atoms in total. The first-order chi connectivity index (χ1) is 8.33. The summed E-state index contributed by atoms with van der Waals surface area (Å²) in [6.07, 6.45) is 9.02. The molecule has 1 amide bonds. The second-order valence-electron chi connectivity index (χ2n) is 5.97. The van der Waals surface area contributed by atoms with Gasteiger partial charge < -0.3 is 4.90 Å². The van der Waals surface area contributed by atoms with Crippen LogP contribution >= 0.6 is 15.9 Å². The van der Waals surface area contributed by atoms with Crippen molar-refractivity contribution in [3.05, 3.63) is 0 Å². The van der Waals surface area contributed by atoms with E-state index in [-0.39, 0.29) is 0 Å². The van der Waals surface area contributed by atoms with E-state index in [4.69, 9.17) is 0 Å². The van der Waals surface area contributed by atoms with Gasteiger partial charge in [-0.25, -0.2) is 0 Å². The van der Waals surface area contributed by atoms with E-state index in [1.165, 1.54) is 44.9 Å². The van der Waals surface area contributed by atoms with Crippen LogP contribution in [0.3, 0.4) is 0 Å². The van der Waals surface area contributed by atoms with Crippen molar-refractivity contribution in [2.75, 3.05) is 11.9 Å². The first kappa shape index (κ1) is 12.0. The molecule has 0 bridgehead atoms. The van der Waals surface area contributed by atoms with Gasteiger partial charge in [-0.05, 0) is 43.9 Å². The molecule has 17 heavy (non-hydrogen) atoms. The Hall–Kier alpha value is -0.0500. The van der Waals surface area contributed by atoms with Crippen molar-refractivity contribution in [1.82, 2.24) is 4.90 Å². The molecule has 1 saturated heterocycles. The minimum absolute atomic E-state index is 0.414. The third-order valence-corrected chi connectivity index (χ3v) is 5.78. The van der Waals surface area contributed by atoms with Crippen LogP contribution < -0.4 is 0 Å². The van der Waals surface area contributed by atoms with E-state index >= 15 is 0 Å².